The van der Waals surface area contributed by atoms with Crippen molar-refractivity contribution in [1.82, 2.24) is 15.2 Å². The first-order valence-corrected chi connectivity index (χ1v) is 10.3. The monoisotopic (exact) mass is 381 g/mol. The largest absolute Gasteiger partial charge is 0.416 e. The van der Waals surface area contributed by atoms with Gasteiger partial charge in [0.15, 0.2) is 0 Å². The number of para-hydroxylation sites is 1. The summed E-state index contributed by atoms with van der Waals surface area (Å²) >= 11 is 3.31. The summed E-state index contributed by atoms with van der Waals surface area (Å²) in [6.07, 6.45) is 0.696. The molecule has 3 heterocycles. The van der Waals surface area contributed by atoms with Crippen molar-refractivity contribution in [3.05, 3.63) is 70.4 Å². The molecule has 4 nitrogen and oxygen atoms in total. The van der Waals surface area contributed by atoms with E-state index in [0.717, 1.165) is 11.2 Å². The van der Waals surface area contributed by atoms with Crippen LogP contribution in [0.15, 0.2) is 63.6 Å². The maximum atomic E-state index is 5.81. The van der Waals surface area contributed by atoms with E-state index >= 15 is 0 Å². The van der Waals surface area contributed by atoms with Gasteiger partial charge < -0.3 is 4.42 Å². The van der Waals surface area contributed by atoms with Crippen LogP contribution in [0.25, 0.3) is 10.9 Å². The average Bonchev–Trinajstić information content (AvgIpc) is 3.33. The number of hydrogen-bond acceptors (Lipinski definition) is 6. The van der Waals surface area contributed by atoms with Crippen LogP contribution in [0.2, 0.25) is 0 Å². The SMILES string of the molecule is C[C@H](Sc1nnc(Cc2cccs2)o1)[C@H](C)c1ccc2ccccc2n1. The average molecular weight is 382 g/mol. The second-order valence-electron chi connectivity index (χ2n) is 6.26. The Hall–Kier alpha value is -2.18. The normalized spacial score (nSPS) is 13.8. The summed E-state index contributed by atoms with van der Waals surface area (Å²) in [7, 11) is 0. The van der Waals surface area contributed by atoms with E-state index in [4.69, 9.17) is 9.40 Å². The minimum Gasteiger partial charge on any atom is -0.416 e. The molecule has 0 radical (unpaired) electrons. The Morgan fingerprint density at radius 3 is 2.77 bits per heavy atom. The van der Waals surface area contributed by atoms with Crippen LogP contribution < -0.4 is 0 Å². The molecule has 4 aromatic rings. The zero-order valence-corrected chi connectivity index (χ0v) is 16.3. The van der Waals surface area contributed by atoms with Crippen molar-refractivity contribution in [1.29, 1.82) is 0 Å². The van der Waals surface area contributed by atoms with Gasteiger partial charge in [-0.2, -0.15) is 0 Å². The van der Waals surface area contributed by atoms with E-state index < -0.39 is 0 Å². The molecule has 0 amide bonds. The van der Waals surface area contributed by atoms with Crippen LogP contribution in [0.1, 0.15) is 36.2 Å². The third-order valence-electron chi connectivity index (χ3n) is 4.43. The van der Waals surface area contributed by atoms with Crippen molar-refractivity contribution in [3.8, 4) is 0 Å². The molecule has 4 rings (SSSR count). The zero-order valence-electron chi connectivity index (χ0n) is 14.6. The summed E-state index contributed by atoms with van der Waals surface area (Å²) in [5.74, 6) is 0.941. The molecule has 132 valence electrons. The molecule has 0 aliphatic heterocycles. The Kier molecular flexibility index (Phi) is 5.04. The molecule has 0 saturated heterocycles. The van der Waals surface area contributed by atoms with Gasteiger partial charge in [0, 0.05) is 27.1 Å². The molecule has 2 atom stereocenters. The Bertz CT molecular complexity index is 997. The lowest BCUT2D eigenvalue weighted by Crippen LogP contribution is -2.10. The second kappa shape index (κ2) is 7.60. The number of nitrogens with zero attached hydrogens (tertiary/aromatic N) is 3. The quantitative estimate of drug-likeness (QED) is 0.410. The Labute approximate surface area is 160 Å². The molecule has 0 aliphatic rings. The van der Waals surface area contributed by atoms with E-state index in [-0.39, 0.29) is 11.2 Å². The minimum atomic E-state index is 0.275. The lowest BCUT2D eigenvalue weighted by Gasteiger charge is -2.17. The Morgan fingerprint density at radius 2 is 1.92 bits per heavy atom. The summed E-state index contributed by atoms with van der Waals surface area (Å²) < 4.78 is 5.81. The number of aromatic nitrogens is 3. The van der Waals surface area contributed by atoms with Gasteiger partial charge in [-0.3, -0.25) is 4.98 Å². The van der Waals surface area contributed by atoms with Crippen LogP contribution >= 0.6 is 23.1 Å². The summed E-state index contributed by atoms with van der Waals surface area (Å²) in [4.78, 5) is 6.04. The van der Waals surface area contributed by atoms with Crippen molar-refractivity contribution >= 4 is 34.0 Å². The van der Waals surface area contributed by atoms with Gasteiger partial charge in [-0.1, -0.05) is 55.9 Å². The van der Waals surface area contributed by atoms with Gasteiger partial charge in [0.1, 0.15) is 0 Å². The van der Waals surface area contributed by atoms with Crippen molar-refractivity contribution in [3.63, 3.8) is 0 Å². The lowest BCUT2D eigenvalue weighted by molar-refractivity contribution is 0.419. The number of thiophene rings is 1. The van der Waals surface area contributed by atoms with Gasteiger partial charge in [0.2, 0.25) is 5.89 Å². The third-order valence-corrected chi connectivity index (χ3v) is 6.45. The van der Waals surface area contributed by atoms with Gasteiger partial charge in [-0.05, 0) is 23.6 Å². The van der Waals surface area contributed by atoms with Crippen LogP contribution in [-0.4, -0.2) is 20.4 Å². The van der Waals surface area contributed by atoms with Crippen LogP contribution in [0.3, 0.4) is 0 Å². The lowest BCUT2D eigenvalue weighted by atomic mass is 10.0. The molecule has 0 saturated carbocycles. The number of pyridine rings is 1. The Balaban J connectivity index is 1.45. The molecular weight excluding hydrogens is 362 g/mol. The first-order valence-electron chi connectivity index (χ1n) is 8.56. The van der Waals surface area contributed by atoms with Crippen molar-refractivity contribution in [2.75, 3.05) is 0 Å². The number of benzene rings is 1. The van der Waals surface area contributed by atoms with Crippen LogP contribution in [0, 0.1) is 0 Å². The third kappa shape index (κ3) is 3.81. The van der Waals surface area contributed by atoms with E-state index in [9.17, 15) is 0 Å². The van der Waals surface area contributed by atoms with Crippen LogP contribution in [-0.2, 0) is 6.42 Å². The second-order valence-corrected chi connectivity index (χ2v) is 8.62. The maximum absolute atomic E-state index is 5.81. The minimum absolute atomic E-state index is 0.275. The van der Waals surface area contributed by atoms with Crippen LogP contribution in [0.4, 0.5) is 0 Å². The van der Waals surface area contributed by atoms with Crippen molar-refractivity contribution < 1.29 is 4.42 Å². The van der Waals surface area contributed by atoms with Crippen molar-refractivity contribution in [2.24, 2.45) is 0 Å². The highest BCUT2D eigenvalue weighted by atomic mass is 32.2. The standard InChI is InChI=1S/C20H19N3OS2/c1-13(17-10-9-15-6-3-4-8-18(15)21-17)14(2)26-20-23-22-19(24-20)12-16-7-5-11-25-16/h3-11,13-14H,12H2,1-2H3/t13-,14-/m0/s1. The smallest absolute Gasteiger partial charge is 0.276 e. The molecular formula is C20H19N3OS2. The first kappa shape index (κ1) is 17.2. The van der Waals surface area contributed by atoms with Crippen LogP contribution in [0.5, 0.6) is 0 Å². The fourth-order valence-corrected chi connectivity index (χ4v) is 4.35. The van der Waals surface area contributed by atoms with Gasteiger partial charge in [0.25, 0.3) is 5.22 Å². The van der Waals surface area contributed by atoms with E-state index in [2.05, 4.69) is 59.8 Å². The van der Waals surface area contributed by atoms with E-state index in [1.807, 2.05) is 18.2 Å². The van der Waals surface area contributed by atoms with Gasteiger partial charge >= 0.3 is 0 Å². The molecule has 0 fully saturated rings. The molecule has 1 aromatic carbocycles. The molecule has 6 heteroatoms. The molecule has 26 heavy (non-hydrogen) atoms. The van der Waals surface area contributed by atoms with E-state index in [1.165, 1.54) is 10.3 Å². The molecule has 0 unspecified atom stereocenters. The number of fused-ring (bicyclic) bond motifs is 1. The molecule has 0 bridgehead atoms. The van der Waals surface area contributed by atoms with Crippen molar-refractivity contribution in [2.45, 2.75) is 36.7 Å². The highest BCUT2D eigenvalue weighted by Crippen LogP contribution is 2.32. The number of rotatable bonds is 6. The van der Waals surface area contributed by atoms with Gasteiger partial charge in [-0.25, -0.2) is 0 Å². The highest BCUT2D eigenvalue weighted by molar-refractivity contribution is 7.99. The summed E-state index contributed by atoms with van der Waals surface area (Å²) in [5, 5.41) is 12.5. The summed E-state index contributed by atoms with van der Waals surface area (Å²) in [6, 6.07) is 16.6. The van der Waals surface area contributed by atoms with Gasteiger partial charge in [-0.15, -0.1) is 21.5 Å². The molecule has 0 spiro atoms. The summed E-state index contributed by atoms with van der Waals surface area (Å²) in [6.45, 7) is 4.37. The van der Waals surface area contributed by atoms with E-state index in [0.29, 0.717) is 17.5 Å². The Morgan fingerprint density at radius 1 is 1.04 bits per heavy atom. The number of thioether (sulfide) groups is 1. The van der Waals surface area contributed by atoms with E-state index in [1.54, 1.807) is 23.1 Å². The van der Waals surface area contributed by atoms with Gasteiger partial charge in [0.05, 0.1) is 11.9 Å². The first-order chi connectivity index (χ1) is 12.7. The fourth-order valence-electron chi connectivity index (χ4n) is 2.76. The predicted molar refractivity (Wildman–Crippen MR) is 107 cm³/mol. The topological polar surface area (TPSA) is 51.8 Å². The maximum Gasteiger partial charge on any atom is 0.276 e. The molecule has 3 aromatic heterocycles. The zero-order chi connectivity index (χ0) is 17.9. The predicted octanol–water partition coefficient (Wildman–Crippen LogP) is 5.55. The highest BCUT2D eigenvalue weighted by Gasteiger charge is 2.20. The molecule has 0 aliphatic carbocycles. The fraction of sp³-hybridized carbons (Fsp3) is 0.250. The number of hydrogen-bond donors (Lipinski definition) is 0. The summed E-state index contributed by atoms with van der Waals surface area (Å²) in [5.41, 5.74) is 2.12. The molecule has 0 N–H and O–H groups in total.